The molecule has 7 heteroatoms. The summed E-state index contributed by atoms with van der Waals surface area (Å²) >= 11 is 1.48. The molecule has 0 spiro atoms. The van der Waals surface area contributed by atoms with Gasteiger partial charge in [-0.1, -0.05) is 36.8 Å². The first-order valence-corrected chi connectivity index (χ1v) is 10.6. The molecule has 0 N–H and O–H groups in total. The Labute approximate surface area is 177 Å². The Balaban J connectivity index is 1.83. The first-order valence-electron chi connectivity index (χ1n) is 9.76. The van der Waals surface area contributed by atoms with Crippen LogP contribution in [0.1, 0.15) is 41.0 Å². The number of hydrogen-bond acceptors (Lipinski definition) is 6. The van der Waals surface area contributed by atoms with Gasteiger partial charge in [-0.05, 0) is 31.0 Å². The minimum Gasteiger partial charge on any atom is -0.463 e. The molecule has 0 unspecified atom stereocenters. The highest BCUT2D eigenvalue weighted by Crippen LogP contribution is 2.31. The van der Waals surface area contributed by atoms with Crippen molar-refractivity contribution in [3.8, 4) is 11.1 Å². The molecule has 154 valence electrons. The quantitative estimate of drug-likeness (QED) is 0.417. The van der Waals surface area contributed by atoms with Crippen molar-refractivity contribution in [3.05, 3.63) is 75.0 Å². The number of ether oxygens (including phenoxy) is 1. The monoisotopic (exact) mass is 422 g/mol. The van der Waals surface area contributed by atoms with Gasteiger partial charge in [0.2, 0.25) is 5.76 Å². The zero-order valence-electron chi connectivity index (χ0n) is 17.1. The molecule has 1 aromatic carbocycles. The zero-order chi connectivity index (χ0) is 21.3. The van der Waals surface area contributed by atoms with Gasteiger partial charge in [-0.15, -0.1) is 11.3 Å². The molecule has 4 rings (SSSR count). The fraction of sp³-hybridized carbons (Fsp3) is 0.261. The molecule has 3 aromatic heterocycles. The predicted octanol–water partition coefficient (Wildman–Crippen LogP) is 4.81. The third-order valence-corrected chi connectivity index (χ3v) is 5.84. The highest BCUT2D eigenvalue weighted by Gasteiger charge is 2.19. The topological polar surface area (TPSA) is 74.3 Å². The van der Waals surface area contributed by atoms with Crippen LogP contribution in [0.2, 0.25) is 0 Å². The van der Waals surface area contributed by atoms with Crippen LogP contribution in [0, 0.1) is 6.92 Å². The standard InChI is InChI=1S/C23H22N2O4S/c1-4-5-19-24-21-20(17(13-30-21)15-8-6-14(2)7-9-15)22(26)25(19)12-16-10-11-18(29-16)23(27)28-3/h6-11,13H,4-5,12H2,1-3H3. The summed E-state index contributed by atoms with van der Waals surface area (Å²) in [5.74, 6) is 0.782. The Kier molecular flexibility index (Phi) is 5.55. The van der Waals surface area contributed by atoms with Crippen molar-refractivity contribution in [2.75, 3.05) is 7.11 Å². The Morgan fingerprint density at radius 2 is 1.97 bits per heavy atom. The van der Waals surface area contributed by atoms with Crippen molar-refractivity contribution in [3.63, 3.8) is 0 Å². The lowest BCUT2D eigenvalue weighted by atomic mass is 10.0. The molecule has 0 amide bonds. The summed E-state index contributed by atoms with van der Waals surface area (Å²) in [6, 6.07) is 11.4. The second-order valence-electron chi connectivity index (χ2n) is 7.12. The number of nitrogens with zero attached hydrogens (tertiary/aromatic N) is 2. The van der Waals surface area contributed by atoms with E-state index in [0.717, 1.165) is 22.4 Å². The number of fused-ring (bicyclic) bond motifs is 1. The fourth-order valence-electron chi connectivity index (χ4n) is 3.42. The maximum atomic E-state index is 13.5. The number of aryl methyl sites for hydroxylation is 2. The van der Waals surface area contributed by atoms with E-state index in [1.165, 1.54) is 24.0 Å². The third kappa shape index (κ3) is 3.68. The molecule has 0 radical (unpaired) electrons. The third-order valence-electron chi connectivity index (χ3n) is 4.97. The first kappa shape index (κ1) is 20.1. The molecule has 30 heavy (non-hydrogen) atoms. The van der Waals surface area contributed by atoms with Crippen LogP contribution in [0.5, 0.6) is 0 Å². The van der Waals surface area contributed by atoms with Crippen molar-refractivity contribution in [1.29, 1.82) is 0 Å². The molecule has 0 aliphatic heterocycles. The van der Waals surface area contributed by atoms with E-state index in [2.05, 4.69) is 6.92 Å². The number of carbonyl (C=O) groups is 1. The van der Waals surface area contributed by atoms with Gasteiger partial charge in [0.15, 0.2) is 0 Å². The summed E-state index contributed by atoms with van der Waals surface area (Å²) in [5.41, 5.74) is 2.94. The van der Waals surface area contributed by atoms with Crippen LogP contribution < -0.4 is 5.56 Å². The molecule has 0 fully saturated rings. The SMILES string of the molecule is CCCc1nc2scc(-c3ccc(C)cc3)c2c(=O)n1Cc1ccc(C(=O)OC)o1. The number of furan rings is 1. The lowest BCUT2D eigenvalue weighted by molar-refractivity contribution is 0.0563. The highest BCUT2D eigenvalue weighted by atomic mass is 32.1. The smallest absolute Gasteiger partial charge is 0.373 e. The van der Waals surface area contributed by atoms with Gasteiger partial charge in [-0.25, -0.2) is 9.78 Å². The summed E-state index contributed by atoms with van der Waals surface area (Å²) < 4.78 is 11.9. The molecular formula is C23H22N2O4S. The number of thiophene rings is 1. The minimum absolute atomic E-state index is 0.101. The second-order valence-corrected chi connectivity index (χ2v) is 7.98. The molecule has 0 bridgehead atoms. The Morgan fingerprint density at radius 1 is 1.20 bits per heavy atom. The number of carbonyl (C=O) groups excluding carboxylic acids is 1. The summed E-state index contributed by atoms with van der Waals surface area (Å²) in [6.45, 7) is 4.29. The number of rotatable bonds is 6. The van der Waals surface area contributed by atoms with Crippen molar-refractivity contribution in [2.24, 2.45) is 0 Å². The summed E-state index contributed by atoms with van der Waals surface area (Å²) in [6.07, 6.45) is 1.53. The van der Waals surface area contributed by atoms with Crippen LogP contribution in [-0.2, 0) is 17.7 Å². The number of esters is 1. The van der Waals surface area contributed by atoms with Crippen LogP contribution in [-0.4, -0.2) is 22.6 Å². The van der Waals surface area contributed by atoms with E-state index in [1.807, 2.05) is 36.6 Å². The van der Waals surface area contributed by atoms with E-state index in [4.69, 9.17) is 14.1 Å². The van der Waals surface area contributed by atoms with Gasteiger partial charge in [-0.3, -0.25) is 9.36 Å². The van der Waals surface area contributed by atoms with Gasteiger partial charge >= 0.3 is 5.97 Å². The van der Waals surface area contributed by atoms with Crippen LogP contribution in [0.15, 0.2) is 51.0 Å². The van der Waals surface area contributed by atoms with Gasteiger partial charge in [-0.2, -0.15) is 0 Å². The van der Waals surface area contributed by atoms with Gasteiger partial charge in [0.25, 0.3) is 5.56 Å². The predicted molar refractivity (Wildman–Crippen MR) is 117 cm³/mol. The van der Waals surface area contributed by atoms with E-state index in [9.17, 15) is 9.59 Å². The van der Waals surface area contributed by atoms with Crippen LogP contribution in [0.4, 0.5) is 0 Å². The van der Waals surface area contributed by atoms with Crippen molar-refractivity contribution in [2.45, 2.75) is 33.2 Å². The molecule has 0 aliphatic carbocycles. The minimum atomic E-state index is -0.546. The Bertz CT molecular complexity index is 1260. The van der Waals surface area contributed by atoms with Crippen LogP contribution >= 0.6 is 11.3 Å². The van der Waals surface area contributed by atoms with E-state index in [-0.39, 0.29) is 17.9 Å². The maximum absolute atomic E-state index is 13.5. The summed E-state index contributed by atoms with van der Waals surface area (Å²) in [5, 5.41) is 2.61. The molecule has 0 atom stereocenters. The van der Waals surface area contributed by atoms with Gasteiger partial charge < -0.3 is 9.15 Å². The Hall–Kier alpha value is -3.19. The van der Waals surface area contributed by atoms with Gasteiger partial charge in [0, 0.05) is 17.4 Å². The van der Waals surface area contributed by atoms with Gasteiger partial charge in [0.05, 0.1) is 19.0 Å². The lowest BCUT2D eigenvalue weighted by Crippen LogP contribution is -2.25. The lowest BCUT2D eigenvalue weighted by Gasteiger charge is -2.11. The largest absolute Gasteiger partial charge is 0.463 e. The van der Waals surface area contributed by atoms with Crippen molar-refractivity contribution < 1.29 is 13.9 Å². The Morgan fingerprint density at radius 3 is 2.67 bits per heavy atom. The summed E-state index contributed by atoms with van der Waals surface area (Å²) in [7, 11) is 1.30. The molecule has 6 nitrogen and oxygen atoms in total. The zero-order valence-corrected chi connectivity index (χ0v) is 17.9. The molecule has 0 aliphatic rings. The highest BCUT2D eigenvalue weighted by molar-refractivity contribution is 7.17. The number of hydrogen-bond donors (Lipinski definition) is 0. The van der Waals surface area contributed by atoms with Crippen LogP contribution in [0.3, 0.4) is 0 Å². The van der Waals surface area contributed by atoms with E-state index >= 15 is 0 Å². The number of benzene rings is 1. The normalized spacial score (nSPS) is 11.2. The second kappa shape index (κ2) is 8.28. The summed E-state index contributed by atoms with van der Waals surface area (Å²) in [4.78, 5) is 30.8. The molecule has 0 saturated heterocycles. The van der Waals surface area contributed by atoms with Crippen LogP contribution in [0.25, 0.3) is 21.3 Å². The van der Waals surface area contributed by atoms with E-state index in [0.29, 0.717) is 23.4 Å². The van der Waals surface area contributed by atoms with Crippen molar-refractivity contribution in [1.82, 2.24) is 9.55 Å². The molecule has 0 saturated carbocycles. The fourth-order valence-corrected chi connectivity index (χ4v) is 4.38. The van der Waals surface area contributed by atoms with Gasteiger partial charge in [0.1, 0.15) is 16.4 Å². The molecular weight excluding hydrogens is 400 g/mol. The van der Waals surface area contributed by atoms with E-state index in [1.54, 1.807) is 16.7 Å². The average molecular weight is 423 g/mol. The van der Waals surface area contributed by atoms with Crippen molar-refractivity contribution >= 4 is 27.5 Å². The first-order chi connectivity index (χ1) is 14.5. The average Bonchev–Trinajstić information content (AvgIpc) is 3.38. The molecule has 4 aromatic rings. The van der Waals surface area contributed by atoms with E-state index < -0.39 is 5.97 Å². The molecule has 3 heterocycles. The number of aromatic nitrogens is 2. The number of methoxy groups -OCH3 is 1. The maximum Gasteiger partial charge on any atom is 0.373 e.